The van der Waals surface area contributed by atoms with Gasteiger partial charge in [0.05, 0.1) is 22.9 Å². The van der Waals surface area contributed by atoms with Gasteiger partial charge in [0.2, 0.25) is 5.28 Å². The van der Waals surface area contributed by atoms with Crippen LogP contribution in [-0.2, 0) is 11.3 Å². The molecule has 1 atom stereocenters. The Labute approximate surface area is 185 Å². The Morgan fingerprint density at radius 3 is 2.84 bits per heavy atom. The minimum atomic E-state index is -1.57. The molecule has 0 aliphatic carbocycles. The first-order chi connectivity index (χ1) is 14.8. The standard InChI is InChI=1S/C17H18Cl2FN7O4/c1-9-13(27(28)29)16(24-26(9)11-2-4-30-5-3-11)31-8-10(20)7-25-15-12(14(18)23-25)6-21-17(19)22-15/h6,10-11H,2-5,7-8H2,1H3. The summed E-state index contributed by atoms with van der Waals surface area (Å²) in [6.07, 6.45) is 1.20. The van der Waals surface area contributed by atoms with Gasteiger partial charge in [-0.2, -0.15) is 10.1 Å². The van der Waals surface area contributed by atoms with Crippen LogP contribution in [0, 0.1) is 17.0 Å². The Hall–Kier alpha value is -2.57. The molecule has 3 aromatic heterocycles. The molecule has 1 saturated heterocycles. The molecule has 3 aromatic rings. The molecule has 0 aromatic carbocycles. The maximum atomic E-state index is 14.7. The van der Waals surface area contributed by atoms with Gasteiger partial charge < -0.3 is 9.47 Å². The molecule has 4 rings (SSSR count). The lowest BCUT2D eigenvalue weighted by Gasteiger charge is -2.22. The maximum absolute atomic E-state index is 14.7. The van der Waals surface area contributed by atoms with Crippen molar-refractivity contribution in [2.75, 3.05) is 19.8 Å². The van der Waals surface area contributed by atoms with Gasteiger partial charge in [0, 0.05) is 19.4 Å². The van der Waals surface area contributed by atoms with Crippen molar-refractivity contribution in [2.24, 2.45) is 0 Å². The van der Waals surface area contributed by atoms with E-state index in [9.17, 15) is 14.5 Å². The minimum Gasteiger partial charge on any atom is -0.469 e. The summed E-state index contributed by atoms with van der Waals surface area (Å²) in [5.74, 6) is -0.217. The summed E-state index contributed by atoms with van der Waals surface area (Å²) >= 11 is 11.8. The van der Waals surface area contributed by atoms with Gasteiger partial charge >= 0.3 is 11.6 Å². The third kappa shape index (κ3) is 4.41. The average Bonchev–Trinajstić information content (AvgIpc) is 3.23. The molecule has 0 amide bonds. The van der Waals surface area contributed by atoms with Gasteiger partial charge in [0.1, 0.15) is 12.3 Å². The number of hydrogen-bond acceptors (Lipinski definition) is 8. The Morgan fingerprint density at radius 2 is 2.13 bits per heavy atom. The summed E-state index contributed by atoms with van der Waals surface area (Å²) in [4.78, 5) is 18.8. The van der Waals surface area contributed by atoms with E-state index in [-0.39, 0.29) is 40.2 Å². The highest BCUT2D eigenvalue weighted by Gasteiger charge is 2.31. The molecule has 0 radical (unpaired) electrons. The van der Waals surface area contributed by atoms with E-state index in [4.69, 9.17) is 32.7 Å². The lowest BCUT2D eigenvalue weighted by atomic mass is 10.1. The number of halogens is 3. The van der Waals surface area contributed by atoms with Gasteiger partial charge in [-0.05, 0) is 31.4 Å². The predicted molar refractivity (Wildman–Crippen MR) is 108 cm³/mol. The zero-order chi connectivity index (χ0) is 22.1. The number of rotatable bonds is 7. The van der Waals surface area contributed by atoms with Crippen molar-refractivity contribution in [1.82, 2.24) is 29.5 Å². The van der Waals surface area contributed by atoms with Gasteiger partial charge in [0.15, 0.2) is 17.0 Å². The fourth-order valence-electron chi connectivity index (χ4n) is 3.51. The van der Waals surface area contributed by atoms with Gasteiger partial charge in [-0.3, -0.25) is 14.8 Å². The van der Waals surface area contributed by atoms with E-state index < -0.39 is 17.7 Å². The molecular weight excluding hydrogens is 456 g/mol. The second kappa shape index (κ2) is 8.89. The second-order valence-corrected chi connectivity index (χ2v) is 7.74. The van der Waals surface area contributed by atoms with Gasteiger partial charge in [-0.15, -0.1) is 5.10 Å². The number of nitrogens with zero attached hydrogens (tertiary/aromatic N) is 7. The molecule has 14 heteroatoms. The molecule has 0 bridgehead atoms. The molecule has 4 heterocycles. The topological polar surface area (TPSA) is 123 Å². The minimum absolute atomic E-state index is 0.0262. The van der Waals surface area contributed by atoms with Crippen LogP contribution in [0.25, 0.3) is 11.0 Å². The van der Waals surface area contributed by atoms with Crippen LogP contribution in [0.1, 0.15) is 24.6 Å². The third-order valence-electron chi connectivity index (χ3n) is 4.99. The fraction of sp³-hybridized carbons (Fsp3) is 0.529. The van der Waals surface area contributed by atoms with Crippen LogP contribution < -0.4 is 4.74 Å². The zero-order valence-corrected chi connectivity index (χ0v) is 17.9. The SMILES string of the molecule is Cc1c([N+](=O)[O-])c(OCC(F)Cn2nc(Cl)c3cnc(Cl)nc32)nn1C1CCOCC1. The number of nitro groups is 1. The Morgan fingerprint density at radius 1 is 1.39 bits per heavy atom. The molecule has 1 aliphatic rings. The van der Waals surface area contributed by atoms with E-state index in [1.54, 1.807) is 11.6 Å². The number of alkyl halides is 1. The van der Waals surface area contributed by atoms with E-state index in [2.05, 4.69) is 20.2 Å². The Bertz CT molecular complexity index is 1120. The van der Waals surface area contributed by atoms with Crippen LogP contribution in [0.3, 0.4) is 0 Å². The molecule has 11 nitrogen and oxygen atoms in total. The zero-order valence-electron chi connectivity index (χ0n) is 16.4. The van der Waals surface area contributed by atoms with Crippen LogP contribution in [0.15, 0.2) is 6.20 Å². The average molecular weight is 474 g/mol. The van der Waals surface area contributed by atoms with Crippen LogP contribution >= 0.6 is 23.2 Å². The van der Waals surface area contributed by atoms with E-state index in [1.807, 2.05) is 0 Å². The maximum Gasteiger partial charge on any atom is 0.352 e. The molecule has 1 aliphatic heterocycles. The molecule has 0 N–H and O–H groups in total. The highest BCUT2D eigenvalue weighted by atomic mass is 35.5. The van der Waals surface area contributed by atoms with E-state index >= 15 is 0 Å². The lowest BCUT2D eigenvalue weighted by Crippen LogP contribution is -2.22. The largest absolute Gasteiger partial charge is 0.469 e. The molecule has 31 heavy (non-hydrogen) atoms. The van der Waals surface area contributed by atoms with E-state index in [1.165, 1.54) is 10.9 Å². The number of hydrogen-bond donors (Lipinski definition) is 0. The first-order valence-corrected chi connectivity index (χ1v) is 10.2. The van der Waals surface area contributed by atoms with Crippen molar-refractivity contribution in [3.8, 4) is 5.88 Å². The van der Waals surface area contributed by atoms with Crippen molar-refractivity contribution in [2.45, 2.75) is 38.5 Å². The van der Waals surface area contributed by atoms with Gasteiger partial charge in [-0.1, -0.05) is 11.6 Å². The van der Waals surface area contributed by atoms with Crippen molar-refractivity contribution < 1.29 is 18.8 Å². The molecule has 0 spiro atoms. The van der Waals surface area contributed by atoms with Crippen molar-refractivity contribution >= 4 is 39.9 Å². The Balaban J connectivity index is 1.50. The first kappa shape index (κ1) is 21.7. The fourth-order valence-corrected chi connectivity index (χ4v) is 3.87. The second-order valence-electron chi connectivity index (χ2n) is 7.04. The van der Waals surface area contributed by atoms with Gasteiger partial charge in [-0.25, -0.2) is 14.1 Å². The van der Waals surface area contributed by atoms with E-state index in [0.717, 1.165) is 0 Å². The van der Waals surface area contributed by atoms with Crippen molar-refractivity contribution in [1.29, 1.82) is 0 Å². The summed E-state index contributed by atoms with van der Waals surface area (Å²) in [5.41, 5.74) is 0.363. The predicted octanol–water partition coefficient (Wildman–Crippen LogP) is 3.31. The molecule has 166 valence electrons. The highest BCUT2D eigenvalue weighted by molar-refractivity contribution is 6.34. The summed E-state index contributed by atoms with van der Waals surface area (Å²) in [6, 6.07) is -0.0343. The molecule has 1 fully saturated rings. The molecular formula is C17H18Cl2FN7O4. The van der Waals surface area contributed by atoms with Crippen molar-refractivity contribution in [3.63, 3.8) is 0 Å². The monoisotopic (exact) mass is 473 g/mol. The summed E-state index contributed by atoms with van der Waals surface area (Å²) in [7, 11) is 0. The number of fused-ring (bicyclic) bond motifs is 1. The van der Waals surface area contributed by atoms with Crippen LogP contribution in [0.4, 0.5) is 10.1 Å². The third-order valence-corrected chi connectivity index (χ3v) is 5.45. The molecule has 1 unspecified atom stereocenters. The van der Waals surface area contributed by atoms with Crippen LogP contribution in [0.5, 0.6) is 5.88 Å². The van der Waals surface area contributed by atoms with Crippen molar-refractivity contribution in [3.05, 3.63) is 32.4 Å². The van der Waals surface area contributed by atoms with E-state index in [0.29, 0.717) is 37.1 Å². The smallest absolute Gasteiger partial charge is 0.352 e. The summed E-state index contributed by atoms with van der Waals surface area (Å²) in [5, 5.41) is 20.4. The summed E-state index contributed by atoms with van der Waals surface area (Å²) < 4.78 is 28.2. The highest BCUT2D eigenvalue weighted by Crippen LogP contribution is 2.34. The first-order valence-electron chi connectivity index (χ1n) is 9.47. The quantitative estimate of drug-likeness (QED) is 0.290. The molecule has 0 saturated carbocycles. The normalized spacial score (nSPS) is 16.0. The summed E-state index contributed by atoms with van der Waals surface area (Å²) in [6.45, 7) is 1.98. The van der Waals surface area contributed by atoms with Crippen LogP contribution in [0.2, 0.25) is 10.4 Å². The lowest BCUT2D eigenvalue weighted by molar-refractivity contribution is -0.386. The van der Waals surface area contributed by atoms with Gasteiger partial charge in [0.25, 0.3) is 0 Å². The number of ether oxygens (including phenoxy) is 2. The Kier molecular flexibility index (Phi) is 6.21. The number of aromatic nitrogens is 6. The van der Waals surface area contributed by atoms with Crippen LogP contribution in [-0.4, -0.2) is 60.4 Å².